The van der Waals surface area contributed by atoms with Crippen molar-refractivity contribution >= 4 is 49.1 Å². The van der Waals surface area contributed by atoms with Gasteiger partial charge < -0.3 is 14.8 Å². The summed E-state index contributed by atoms with van der Waals surface area (Å²) in [6.07, 6.45) is 1.65. The quantitative estimate of drug-likeness (QED) is 0.678. The van der Waals surface area contributed by atoms with Crippen LogP contribution in [0.4, 0.5) is 5.69 Å². The zero-order valence-corrected chi connectivity index (χ0v) is 15.3. The van der Waals surface area contributed by atoms with Crippen LogP contribution in [0.2, 0.25) is 5.15 Å². The van der Waals surface area contributed by atoms with Gasteiger partial charge in [-0.05, 0) is 55.6 Å². The van der Waals surface area contributed by atoms with Crippen molar-refractivity contribution < 1.29 is 9.47 Å². The molecule has 0 atom stereocenters. The van der Waals surface area contributed by atoms with Gasteiger partial charge in [0.05, 0.1) is 24.4 Å². The fourth-order valence-electron chi connectivity index (χ4n) is 1.82. The summed E-state index contributed by atoms with van der Waals surface area (Å²) in [5, 5.41) is 3.67. The van der Waals surface area contributed by atoms with Gasteiger partial charge in [-0.1, -0.05) is 11.6 Å². The molecule has 1 heterocycles. The van der Waals surface area contributed by atoms with Crippen LogP contribution in [-0.2, 0) is 6.54 Å². The summed E-state index contributed by atoms with van der Waals surface area (Å²) in [5.41, 5.74) is 1.78. The second-order valence-corrected chi connectivity index (χ2v) is 6.29. The van der Waals surface area contributed by atoms with E-state index >= 15 is 0 Å². The van der Waals surface area contributed by atoms with Crippen LogP contribution in [0.5, 0.6) is 11.5 Å². The highest BCUT2D eigenvalue weighted by atomic mass is 79.9. The molecule has 0 radical (unpaired) electrons. The molecule has 0 unspecified atom stereocenters. The maximum atomic E-state index is 6.05. The van der Waals surface area contributed by atoms with Crippen molar-refractivity contribution in [2.45, 2.75) is 6.54 Å². The number of methoxy groups -OCH3 is 2. The number of benzene rings is 1. The van der Waals surface area contributed by atoms with Crippen molar-refractivity contribution in [1.82, 2.24) is 4.98 Å². The average molecular weight is 437 g/mol. The Morgan fingerprint density at radius 1 is 1.19 bits per heavy atom. The predicted octanol–water partition coefficient (Wildman–Crippen LogP) is 4.89. The molecular formula is C14H13Br2ClN2O2. The predicted molar refractivity (Wildman–Crippen MR) is 91.5 cm³/mol. The lowest BCUT2D eigenvalue weighted by molar-refractivity contribution is 0.352. The number of hydrogen-bond acceptors (Lipinski definition) is 4. The molecule has 0 spiro atoms. The van der Waals surface area contributed by atoms with Gasteiger partial charge in [-0.15, -0.1) is 0 Å². The highest BCUT2D eigenvalue weighted by molar-refractivity contribution is 9.10. The van der Waals surface area contributed by atoms with E-state index in [-0.39, 0.29) is 0 Å². The van der Waals surface area contributed by atoms with Crippen LogP contribution in [0.1, 0.15) is 5.56 Å². The summed E-state index contributed by atoms with van der Waals surface area (Å²) < 4.78 is 12.3. The zero-order chi connectivity index (χ0) is 15.4. The molecule has 112 valence electrons. The van der Waals surface area contributed by atoms with E-state index in [1.165, 1.54) is 0 Å². The largest absolute Gasteiger partial charge is 0.493 e. The minimum Gasteiger partial charge on any atom is -0.493 e. The fourth-order valence-corrected chi connectivity index (χ4v) is 2.97. The van der Waals surface area contributed by atoms with E-state index in [2.05, 4.69) is 42.2 Å². The maximum absolute atomic E-state index is 6.05. The first-order valence-corrected chi connectivity index (χ1v) is 7.97. The molecular weight excluding hydrogens is 423 g/mol. The van der Waals surface area contributed by atoms with Crippen molar-refractivity contribution in [3.05, 3.63) is 44.1 Å². The zero-order valence-electron chi connectivity index (χ0n) is 11.4. The number of hydrogen-bond donors (Lipinski definition) is 1. The lowest BCUT2D eigenvalue weighted by atomic mass is 10.2. The van der Waals surface area contributed by atoms with E-state index in [9.17, 15) is 0 Å². The van der Waals surface area contributed by atoms with E-state index in [0.717, 1.165) is 20.2 Å². The average Bonchev–Trinajstić information content (AvgIpc) is 2.47. The molecule has 0 fully saturated rings. The Morgan fingerprint density at radius 3 is 2.62 bits per heavy atom. The number of ether oxygens (including phenoxy) is 2. The smallest absolute Gasteiger partial charge is 0.174 e. The number of rotatable bonds is 5. The van der Waals surface area contributed by atoms with Gasteiger partial charge in [-0.2, -0.15) is 0 Å². The molecule has 0 aliphatic rings. The first kappa shape index (κ1) is 16.4. The molecule has 2 rings (SSSR count). The monoisotopic (exact) mass is 434 g/mol. The maximum Gasteiger partial charge on any atom is 0.174 e. The first-order valence-electron chi connectivity index (χ1n) is 6.00. The molecule has 0 amide bonds. The topological polar surface area (TPSA) is 43.4 Å². The Bertz CT molecular complexity index is 653. The van der Waals surface area contributed by atoms with Crippen molar-refractivity contribution in [2.75, 3.05) is 19.5 Å². The third kappa shape index (κ3) is 4.02. The van der Waals surface area contributed by atoms with Crippen molar-refractivity contribution in [3.8, 4) is 11.5 Å². The van der Waals surface area contributed by atoms with E-state index < -0.39 is 0 Å². The third-order valence-corrected chi connectivity index (χ3v) is 4.11. The molecule has 1 N–H and O–H groups in total. The second kappa shape index (κ2) is 7.33. The van der Waals surface area contributed by atoms with Crippen molar-refractivity contribution in [3.63, 3.8) is 0 Å². The van der Waals surface area contributed by atoms with Crippen LogP contribution < -0.4 is 14.8 Å². The molecule has 1 aromatic heterocycles. The lowest BCUT2D eigenvalue weighted by Crippen LogP contribution is -2.02. The first-order chi connectivity index (χ1) is 10.0. The molecule has 21 heavy (non-hydrogen) atoms. The Labute approximate surface area is 145 Å². The summed E-state index contributed by atoms with van der Waals surface area (Å²) in [5.74, 6) is 1.34. The molecule has 0 saturated heterocycles. The van der Waals surface area contributed by atoms with Gasteiger partial charge >= 0.3 is 0 Å². The van der Waals surface area contributed by atoms with E-state index in [1.54, 1.807) is 20.4 Å². The normalized spacial score (nSPS) is 10.3. The number of aromatic nitrogens is 1. The van der Waals surface area contributed by atoms with Gasteiger partial charge in [0.15, 0.2) is 16.7 Å². The van der Waals surface area contributed by atoms with Gasteiger partial charge in [-0.3, -0.25) is 0 Å². The molecule has 2 aromatic rings. The minimum atomic E-state index is 0.428. The van der Waals surface area contributed by atoms with E-state index in [0.29, 0.717) is 23.2 Å². The van der Waals surface area contributed by atoms with Crippen LogP contribution in [0.15, 0.2) is 33.3 Å². The van der Waals surface area contributed by atoms with Crippen LogP contribution in [-0.4, -0.2) is 19.2 Å². The van der Waals surface area contributed by atoms with E-state index in [1.807, 2.05) is 18.2 Å². The lowest BCUT2D eigenvalue weighted by Gasteiger charge is -2.13. The summed E-state index contributed by atoms with van der Waals surface area (Å²) in [7, 11) is 3.21. The van der Waals surface area contributed by atoms with E-state index in [4.69, 9.17) is 21.1 Å². The number of nitrogens with one attached hydrogen (secondary N) is 1. The molecule has 0 bridgehead atoms. The number of anilines is 1. The molecule has 0 aliphatic heterocycles. The Kier molecular flexibility index (Phi) is 5.72. The molecule has 7 heteroatoms. The van der Waals surface area contributed by atoms with Crippen LogP contribution in [0.25, 0.3) is 0 Å². The highest BCUT2D eigenvalue weighted by Gasteiger charge is 2.11. The number of halogens is 3. The molecule has 4 nitrogen and oxygen atoms in total. The van der Waals surface area contributed by atoms with Crippen molar-refractivity contribution in [2.24, 2.45) is 0 Å². The van der Waals surface area contributed by atoms with Gasteiger partial charge in [0.2, 0.25) is 0 Å². The summed E-state index contributed by atoms with van der Waals surface area (Å²) in [6.45, 7) is 0.580. The third-order valence-electron chi connectivity index (χ3n) is 2.78. The SMILES string of the molecule is COc1cc(CNc2cc(Br)cnc2Cl)cc(Br)c1OC. The Morgan fingerprint density at radius 2 is 1.95 bits per heavy atom. The summed E-state index contributed by atoms with van der Waals surface area (Å²) >= 11 is 12.9. The van der Waals surface area contributed by atoms with Crippen LogP contribution in [0, 0.1) is 0 Å². The molecule has 0 aliphatic carbocycles. The van der Waals surface area contributed by atoms with Gasteiger partial charge in [0.1, 0.15) is 0 Å². The van der Waals surface area contributed by atoms with Gasteiger partial charge in [0, 0.05) is 17.2 Å². The van der Waals surface area contributed by atoms with Crippen LogP contribution in [0.3, 0.4) is 0 Å². The standard InChI is InChI=1S/C14H13Br2ClN2O2/c1-20-12-4-8(3-10(16)13(12)21-2)6-18-11-5-9(15)7-19-14(11)17/h3-5,7,18H,6H2,1-2H3. The van der Waals surface area contributed by atoms with Crippen molar-refractivity contribution in [1.29, 1.82) is 0 Å². The second-order valence-electron chi connectivity index (χ2n) is 4.16. The summed E-state index contributed by atoms with van der Waals surface area (Å²) in [6, 6.07) is 5.76. The number of pyridine rings is 1. The Hall–Kier alpha value is -0.980. The fraction of sp³-hybridized carbons (Fsp3) is 0.214. The van der Waals surface area contributed by atoms with Crippen LogP contribution >= 0.6 is 43.5 Å². The Balaban J connectivity index is 2.20. The molecule has 1 aromatic carbocycles. The number of nitrogens with zero attached hydrogens (tertiary/aromatic N) is 1. The minimum absolute atomic E-state index is 0.428. The molecule has 0 saturated carbocycles. The van der Waals surface area contributed by atoms with Gasteiger partial charge in [0.25, 0.3) is 0 Å². The van der Waals surface area contributed by atoms with Gasteiger partial charge in [-0.25, -0.2) is 4.98 Å². The summed E-state index contributed by atoms with van der Waals surface area (Å²) in [4.78, 5) is 4.07. The highest BCUT2D eigenvalue weighted by Crippen LogP contribution is 2.36.